The maximum atomic E-state index is 13.2. The Balaban J connectivity index is 1.52. The highest BCUT2D eigenvalue weighted by Crippen LogP contribution is 2.23. The van der Waals surface area contributed by atoms with Gasteiger partial charge in [0.05, 0.1) is 5.69 Å². The first-order valence-electron chi connectivity index (χ1n) is 9.45. The minimum atomic E-state index is -0.886. The molecule has 6 nitrogen and oxygen atoms in total. The summed E-state index contributed by atoms with van der Waals surface area (Å²) in [7, 11) is 0. The molecular weight excluding hydrogens is 399 g/mol. The highest BCUT2D eigenvalue weighted by Gasteiger charge is 2.36. The minimum absolute atomic E-state index is 0.159. The van der Waals surface area contributed by atoms with E-state index in [1.54, 1.807) is 24.3 Å². The van der Waals surface area contributed by atoms with Crippen molar-refractivity contribution in [1.82, 2.24) is 5.32 Å². The van der Waals surface area contributed by atoms with E-state index in [9.17, 15) is 18.8 Å². The van der Waals surface area contributed by atoms with Crippen LogP contribution in [0.15, 0.2) is 84.4 Å². The molecule has 0 aliphatic carbocycles. The van der Waals surface area contributed by atoms with Crippen LogP contribution < -0.4 is 15.0 Å². The third-order valence-corrected chi connectivity index (χ3v) is 4.63. The molecule has 4 rings (SSSR count). The molecule has 31 heavy (non-hydrogen) atoms. The predicted molar refractivity (Wildman–Crippen MR) is 113 cm³/mol. The molecule has 0 aromatic heterocycles. The van der Waals surface area contributed by atoms with Crippen molar-refractivity contribution in [2.24, 2.45) is 0 Å². The number of nitrogens with zero attached hydrogens (tertiary/aromatic N) is 1. The average Bonchev–Trinajstić information content (AvgIpc) is 2.78. The fourth-order valence-electron chi connectivity index (χ4n) is 3.05. The number of benzene rings is 3. The monoisotopic (exact) mass is 416 g/mol. The zero-order valence-corrected chi connectivity index (χ0v) is 16.2. The fraction of sp³-hybridized carbons (Fsp3) is 0.0417. The molecule has 0 saturated carbocycles. The van der Waals surface area contributed by atoms with Crippen molar-refractivity contribution >= 4 is 29.6 Å². The molecule has 0 radical (unpaired) electrons. The van der Waals surface area contributed by atoms with Crippen LogP contribution in [0, 0.1) is 5.82 Å². The highest BCUT2D eigenvalue weighted by atomic mass is 19.1. The maximum absolute atomic E-state index is 13.2. The van der Waals surface area contributed by atoms with Crippen LogP contribution in [0.2, 0.25) is 0 Å². The summed E-state index contributed by atoms with van der Waals surface area (Å²) in [6, 6.07) is 20.5. The van der Waals surface area contributed by atoms with E-state index in [1.165, 1.54) is 18.2 Å². The third-order valence-electron chi connectivity index (χ3n) is 4.63. The topological polar surface area (TPSA) is 75.7 Å². The molecule has 1 fully saturated rings. The molecule has 0 unspecified atom stereocenters. The maximum Gasteiger partial charge on any atom is 0.335 e. The molecule has 7 heteroatoms. The van der Waals surface area contributed by atoms with Crippen molar-refractivity contribution in [3.05, 3.63) is 101 Å². The van der Waals surface area contributed by atoms with E-state index in [0.717, 1.165) is 22.6 Å². The summed E-state index contributed by atoms with van der Waals surface area (Å²) >= 11 is 0. The molecule has 3 aromatic carbocycles. The summed E-state index contributed by atoms with van der Waals surface area (Å²) in [6.45, 7) is 0.414. The molecule has 1 aliphatic rings. The summed E-state index contributed by atoms with van der Waals surface area (Å²) in [5.74, 6) is -1.45. The van der Waals surface area contributed by atoms with Gasteiger partial charge in [-0.05, 0) is 53.6 Å². The van der Waals surface area contributed by atoms with E-state index >= 15 is 0 Å². The number of carbonyl (C=O) groups excluding carboxylic acids is 3. The first-order chi connectivity index (χ1) is 15.0. The Morgan fingerprint density at radius 3 is 2.23 bits per heavy atom. The quantitative estimate of drug-likeness (QED) is 0.503. The van der Waals surface area contributed by atoms with Gasteiger partial charge >= 0.3 is 6.03 Å². The molecule has 4 amide bonds. The van der Waals surface area contributed by atoms with E-state index in [2.05, 4.69) is 5.32 Å². The molecule has 0 bridgehead atoms. The number of halogens is 1. The summed E-state index contributed by atoms with van der Waals surface area (Å²) in [5.41, 5.74) is 1.57. The van der Waals surface area contributed by atoms with E-state index < -0.39 is 23.7 Å². The summed E-state index contributed by atoms with van der Waals surface area (Å²) in [4.78, 5) is 38.0. The second-order valence-corrected chi connectivity index (χ2v) is 6.78. The second kappa shape index (κ2) is 8.62. The van der Waals surface area contributed by atoms with Gasteiger partial charge in [-0.25, -0.2) is 14.1 Å². The number of hydrogen-bond donors (Lipinski definition) is 1. The number of urea groups is 1. The van der Waals surface area contributed by atoms with Gasteiger partial charge in [-0.1, -0.05) is 42.5 Å². The van der Waals surface area contributed by atoms with Crippen LogP contribution in [0.4, 0.5) is 14.9 Å². The van der Waals surface area contributed by atoms with E-state index in [-0.39, 0.29) is 11.3 Å². The van der Waals surface area contributed by atoms with E-state index in [4.69, 9.17) is 4.74 Å². The van der Waals surface area contributed by atoms with Crippen LogP contribution in [0.5, 0.6) is 5.75 Å². The van der Waals surface area contributed by atoms with Crippen LogP contribution in [0.25, 0.3) is 6.08 Å². The number of barbiturate groups is 1. The van der Waals surface area contributed by atoms with E-state index in [0.29, 0.717) is 17.9 Å². The lowest BCUT2D eigenvalue weighted by Gasteiger charge is -2.26. The molecular formula is C24H17FN2O4. The minimum Gasteiger partial charge on any atom is -0.489 e. The number of anilines is 1. The van der Waals surface area contributed by atoms with Crippen LogP contribution in [-0.4, -0.2) is 17.8 Å². The standard InChI is InChI=1S/C24H17FN2O4/c25-18-8-10-19(11-9-18)27-23(29)21(22(28)26-24(27)30)14-16-6-12-20(13-7-16)31-15-17-4-2-1-3-5-17/h1-14H,15H2,(H,26,28,30)/b21-14+. The molecule has 3 aromatic rings. The number of nitrogens with one attached hydrogen (secondary N) is 1. The zero-order valence-electron chi connectivity index (χ0n) is 16.2. The van der Waals surface area contributed by atoms with Crippen LogP contribution >= 0.6 is 0 Å². The lowest BCUT2D eigenvalue weighted by atomic mass is 10.1. The Bertz CT molecular complexity index is 1160. The lowest BCUT2D eigenvalue weighted by molar-refractivity contribution is -0.122. The van der Waals surface area contributed by atoms with Crippen LogP contribution in [-0.2, 0) is 16.2 Å². The Labute approximate surface area is 177 Å². The number of imide groups is 2. The summed E-state index contributed by atoms with van der Waals surface area (Å²) in [5, 5.41) is 2.13. The third kappa shape index (κ3) is 4.51. The molecule has 1 heterocycles. The number of hydrogen-bond acceptors (Lipinski definition) is 4. The smallest absolute Gasteiger partial charge is 0.335 e. The number of amides is 4. The van der Waals surface area contributed by atoms with Gasteiger partial charge in [0.15, 0.2) is 0 Å². The van der Waals surface area contributed by atoms with Gasteiger partial charge in [0.25, 0.3) is 11.8 Å². The lowest BCUT2D eigenvalue weighted by Crippen LogP contribution is -2.54. The first kappa shape index (κ1) is 20.0. The van der Waals surface area contributed by atoms with Crippen molar-refractivity contribution in [2.75, 3.05) is 4.90 Å². The van der Waals surface area contributed by atoms with E-state index in [1.807, 2.05) is 30.3 Å². The second-order valence-electron chi connectivity index (χ2n) is 6.78. The average molecular weight is 416 g/mol. The van der Waals surface area contributed by atoms with Gasteiger partial charge in [-0.15, -0.1) is 0 Å². The molecule has 1 N–H and O–H groups in total. The van der Waals surface area contributed by atoms with Crippen molar-refractivity contribution in [3.8, 4) is 5.75 Å². The van der Waals surface area contributed by atoms with Crippen molar-refractivity contribution in [3.63, 3.8) is 0 Å². The molecule has 0 spiro atoms. The SMILES string of the molecule is O=C1NC(=O)N(c2ccc(F)cc2)C(=O)/C1=C/c1ccc(OCc2ccccc2)cc1. The predicted octanol–water partition coefficient (Wildman–Crippen LogP) is 4.07. The molecule has 1 aliphatic heterocycles. The normalized spacial score (nSPS) is 15.2. The van der Waals surface area contributed by atoms with Crippen LogP contribution in [0.3, 0.4) is 0 Å². The van der Waals surface area contributed by atoms with Crippen molar-refractivity contribution in [1.29, 1.82) is 0 Å². The van der Waals surface area contributed by atoms with Gasteiger partial charge in [-0.3, -0.25) is 14.9 Å². The van der Waals surface area contributed by atoms with Gasteiger partial charge in [0.1, 0.15) is 23.7 Å². The Morgan fingerprint density at radius 1 is 0.871 bits per heavy atom. The Hall–Kier alpha value is -4.26. The highest BCUT2D eigenvalue weighted by molar-refractivity contribution is 6.39. The Kier molecular flexibility index (Phi) is 5.57. The van der Waals surface area contributed by atoms with Gasteiger partial charge in [-0.2, -0.15) is 0 Å². The largest absolute Gasteiger partial charge is 0.489 e. The van der Waals surface area contributed by atoms with Gasteiger partial charge in [0.2, 0.25) is 0 Å². The summed E-state index contributed by atoms with van der Waals surface area (Å²) < 4.78 is 18.9. The van der Waals surface area contributed by atoms with Crippen molar-refractivity contribution in [2.45, 2.75) is 6.61 Å². The van der Waals surface area contributed by atoms with Gasteiger partial charge in [0, 0.05) is 0 Å². The zero-order chi connectivity index (χ0) is 21.8. The molecule has 154 valence electrons. The van der Waals surface area contributed by atoms with Crippen molar-refractivity contribution < 1.29 is 23.5 Å². The molecule has 1 saturated heterocycles. The Morgan fingerprint density at radius 2 is 1.55 bits per heavy atom. The van der Waals surface area contributed by atoms with Crippen LogP contribution in [0.1, 0.15) is 11.1 Å². The molecule has 0 atom stereocenters. The van der Waals surface area contributed by atoms with Gasteiger partial charge < -0.3 is 4.74 Å². The first-order valence-corrected chi connectivity index (χ1v) is 9.45. The number of rotatable bonds is 5. The number of carbonyl (C=O) groups is 3. The fourth-order valence-corrected chi connectivity index (χ4v) is 3.05. The summed E-state index contributed by atoms with van der Waals surface area (Å²) in [6.07, 6.45) is 1.39. The number of ether oxygens (including phenoxy) is 1.